The van der Waals surface area contributed by atoms with E-state index in [0.717, 1.165) is 38.8 Å². The summed E-state index contributed by atoms with van der Waals surface area (Å²) in [5, 5.41) is 3.71. The highest BCUT2D eigenvalue weighted by Crippen LogP contribution is 2.37. The van der Waals surface area contributed by atoms with Crippen molar-refractivity contribution in [3.05, 3.63) is 0 Å². The van der Waals surface area contributed by atoms with E-state index in [-0.39, 0.29) is 5.54 Å². The minimum absolute atomic E-state index is 0.266. The number of thioether (sulfide) groups is 1. The standard InChI is InChI=1S/C18H34N4OS/c1-19-16(20-12-18(21(2)3)8-11-24-15-18)22-9-4-6-17(13-22)7-5-10-23-14-17/h4-15H2,1-3H3,(H,19,20). The van der Waals surface area contributed by atoms with Crippen molar-refractivity contribution in [2.24, 2.45) is 10.4 Å². The van der Waals surface area contributed by atoms with E-state index in [9.17, 15) is 0 Å². The number of hydrogen-bond acceptors (Lipinski definition) is 4. The zero-order valence-electron chi connectivity index (χ0n) is 15.6. The van der Waals surface area contributed by atoms with Crippen molar-refractivity contribution >= 4 is 17.7 Å². The Hall–Kier alpha value is -0.460. The molecule has 1 N–H and O–H groups in total. The maximum atomic E-state index is 5.82. The Bertz CT molecular complexity index is 437. The number of guanidine groups is 1. The van der Waals surface area contributed by atoms with Crippen LogP contribution in [0.4, 0.5) is 0 Å². The largest absolute Gasteiger partial charge is 0.381 e. The number of rotatable bonds is 3. The molecule has 3 saturated heterocycles. The summed E-state index contributed by atoms with van der Waals surface area (Å²) in [7, 11) is 6.35. The van der Waals surface area contributed by atoms with Gasteiger partial charge in [0.05, 0.1) is 6.61 Å². The molecule has 0 amide bonds. The van der Waals surface area contributed by atoms with Crippen molar-refractivity contribution in [1.29, 1.82) is 0 Å². The summed E-state index contributed by atoms with van der Waals surface area (Å²) in [6.45, 7) is 5.07. The second kappa shape index (κ2) is 7.83. The lowest BCUT2D eigenvalue weighted by Crippen LogP contribution is -2.58. The van der Waals surface area contributed by atoms with Crippen LogP contribution in [0, 0.1) is 5.41 Å². The molecule has 0 saturated carbocycles. The Balaban J connectivity index is 1.61. The summed E-state index contributed by atoms with van der Waals surface area (Å²) in [6, 6.07) is 0. The van der Waals surface area contributed by atoms with Gasteiger partial charge in [0.1, 0.15) is 0 Å². The Labute approximate surface area is 151 Å². The summed E-state index contributed by atoms with van der Waals surface area (Å²) >= 11 is 2.07. The Kier molecular flexibility index (Phi) is 5.98. The second-order valence-corrected chi connectivity index (χ2v) is 9.11. The van der Waals surface area contributed by atoms with Crippen LogP contribution < -0.4 is 5.32 Å². The molecule has 0 aliphatic carbocycles. The van der Waals surface area contributed by atoms with E-state index in [0.29, 0.717) is 5.41 Å². The number of ether oxygens (including phenoxy) is 1. The molecule has 3 rings (SSSR count). The van der Waals surface area contributed by atoms with Crippen molar-refractivity contribution in [3.8, 4) is 0 Å². The number of likely N-dealkylation sites (N-methyl/N-ethyl adjacent to an activating group) is 1. The number of piperidine rings is 1. The average Bonchev–Trinajstić information content (AvgIpc) is 3.07. The van der Waals surface area contributed by atoms with Gasteiger partial charge in [-0.3, -0.25) is 4.99 Å². The predicted octanol–water partition coefficient (Wildman–Crippen LogP) is 1.89. The molecule has 3 aliphatic rings. The molecule has 0 aromatic heterocycles. The van der Waals surface area contributed by atoms with Crippen LogP contribution in [-0.4, -0.2) is 86.8 Å². The van der Waals surface area contributed by atoms with Crippen LogP contribution in [0.1, 0.15) is 32.1 Å². The van der Waals surface area contributed by atoms with E-state index in [2.05, 4.69) is 46.0 Å². The van der Waals surface area contributed by atoms with Gasteiger partial charge in [0, 0.05) is 50.0 Å². The fraction of sp³-hybridized carbons (Fsp3) is 0.944. The summed E-state index contributed by atoms with van der Waals surface area (Å²) in [4.78, 5) is 9.49. The first-order chi connectivity index (χ1) is 11.6. The third kappa shape index (κ3) is 3.86. The highest BCUT2D eigenvalue weighted by Gasteiger charge is 2.40. The van der Waals surface area contributed by atoms with Crippen molar-refractivity contribution in [3.63, 3.8) is 0 Å². The van der Waals surface area contributed by atoms with Gasteiger partial charge in [0.15, 0.2) is 5.96 Å². The van der Waals surface area contributed by atoms with Crippen molar-refractivity contribution in [1.82, 2.24) is 15.1 Å². The van der Waals surface area contributed by atoms with Crippen molar-refractivity contribution < 1.29 is 4.74 Å². The highest BCUT2D eigenvalue weighted by molar-refractivity contribution is 7.99. The van der Waals surface area contributed by atoms with Gasteiger partial charge in [-0.05, 0) is 52.0 Å². The maximum absolute atomic E-state index is 5.82. The maximum Gasteiger partial charge on any atom is 0.193 e. The van der Waals surface area contributed by atoms with E-state index in [1.54, 1.807) is 0 Å². The molecule has 0 aromatic carbocycles. The summed E-state index contributed by atoms with van der Waals surface area (Å²) in [5.41, 5.74) is 0.624. The van der Waals surface area contributed by atoms with Crippen LogP contribution in [0.5, 0.6) is 0 Å². The fourth-order valence-corrected chi connectivity index (χ4v) is 6.00. The van der Waals surface area contributed by atoms with Crippen molar-refractivity contribution in [2.75, 3.05) is 65.5 Å². The van der Waals surface area contributed by atoms with E-state index in [4.69, 9.17) is 4.74 Å². The fourth-order valence-electron chi connectivity index (χ4n) is 4.44. The van der Waals surface area contributed by atoms with E-state index >= 15 is 0 Å². The number of nitrogens with zero attached hydrogens (tertiary/aromatic N) is 3. The van der Waals surface area contributed by atoms with Crippen LogP contribution in [0.2, 0.25) is 0 Å². The van der Waals surface area contributed by atoms with Gasteiger partial charge in [0.2, 0.25) is 0 Å². The summed E-state index contributed by atoms with van der Waals surface area (Å²) in [5.74, 6) is 3.56. The smallest absolute Gasteiger partial charge is 0.193 e. The van der Waals surface area contributed by atoms with Gasteiger partial charge in [-0.2, -0.15) is 11.8 Å². The quantitative estimate of drug-likeness (QED) is 0.619. The molecule has 3 heterocycles. The molecule has 3 fully saturated rings. The molecule has 2 unspecified atom stereocenters. The molecule has 1 spiro atoms. The molecule has 6 heteroatoms. The molecule has 5 nitrogen and oxygen atoms in total. The van der Waals surface area contributed by atoms with E-state index < -0.39 is 0 Å². The lowest BCUT2D eigenvalue weighted by molar-refractivity contribution is -0.0371. The monoisotopic (exact) mass is 354 g/mol. The summed E-state index contributed by atoms with van der Waals surface area (Å²) in [6.07, 6.45) is 6.32. The molecule has 24 heavy (non-hydrogen) atoms. The second-order valence-electron chi connectivity index (χ2n) is 8.00. The van der Waals surface area contributed by atoms with Gasteiger partial charge in [-0.1, -0.05) is 0 Å². The average molecular weight is 355 g/mol. The van der Waals surface area contributed by atoms with E-state index in [1.807, 2.05) is 7.05 Å². The molecular formula is C18H34N4OS. The van der Waals surface area contributed by atoms with Gasteiger partial charge in [0.25, 0.3) is 0 Å². The minimum atomic E-state index is 0.266. The highest BCUT2D eigenvalue weighted by atomic mass is 32.2. The Morgan fingerprint density at radius 2 is 2.12 bits per heavy atom. The number of aliphatic imine (C=N–C) groups is 1. The normalized spacial score (nSPS) is 35.0. The van der Waals surface area contributed by atoms with E-state index in [1.165, 1.54) is 43.6 Å². The van der Waals surface area contributed by atoms with Crippen LogP contribution >= 0.6 is 11.8 Å². The first kappa shape index (κ1) is 18.3. The first-order valence-corrected chi connectivity index (χ1v) is 10.5. The minimum Gasteiger partial charge on any atom is -0.381 e. The predicted molar refractivity (Wildman–Crippen MR) is 103 cm³/mol. The van der Waals surface area contributed by atoms with Gasteiger partial charge >= 0.3 is 0 Å². The summed E-state index contributed by atoms with van der Waals surface area (Å²) < 4.78 is 5.82. The molecule has 3 aliphatic heterocycles. The number of likely N-dealkylation sites (tertiary alicyclic amines) is 1. The molecular weight excluding hydrogens is 320 g/mol. The third-order valence-corrected chi connectivity index (χ3v) is 7.42. The van der Waals surface area contributed by atoms with Crippen molar-refractivity contribution in [2.45, 2.75) is 37.6 Å². The molecule has 138 valence electrons. The molecule has 2 atom stereocenters. The first-order valence-electron chi connectivity index (χ1n) is 9.38. The topological polar surface area (TPSA) is 40.1 Å². The van der Waals surface area contributed by atoms with Gasteiger partial charge < -0.3 is 19.9 Å². The van der Waals surface area contributed by atoms with Crippen LogP contribution in [0.3, 0.4) is 0 Å². The lowest BCUT2D eigenvalue weighted by Gasteiger charge is -2.46. The SMILES string of the molecule is CN=C(NCC1(N(C)C)CCSC1)N1CCCC2(CCCOC2)C1. The number of nitrogens with one attached hydrogen (secondary N) is 1. The number of hydrogen-bond donors (Lipinski definition) is 1. The molecule has 0 aromatic rings. The lowest BCUT2D eigenvalue weighted by atomic mass is 9.76. The van der Waals surface area contributed by atoms with Crippen LogP contribution in [0.15, 0.2) is 4.99 Å². The Morgan fingerprint density at radius 1 is 1.29 bits per heavy atom. The zero-order chi connectivity index (χ0) is 17.0. The van der Waals surface area contributed by atoms with Gasteiger partial charge in [-0.25, -0.2) is 0 Å². The van der Waals surface area contributed by atoms with Crippen LogP contribution in [0.25, 0.3) is 0 Å². The zero-order valence-corrected chi connectivity index (χ0v) is 16.5. The molecule has 0 bridgehead atoms. The van der Waals surface area contributed by atoms with Crippen LogP contribution in [-0.2, 0) is 4.74 Å². The van der Waals surface area contributed by atoms with Gasteiger partial charge in [-0.15, -0.1) is 0 Å². The molecule has 0 radical (unpaired) electrons. The third-order valence-electron chi connectivity index (χ3n) is 6.18. The Morgan fingerprint density at radius 3 is 2.75 bits per heavy atom.